The van der Waals surface area contributed by atoms with Gasteiger partial charge in [-0.2, -0.15) is 0 Å². The second kappa shape index (κ2) is 8.45. The van der Waals surface area contributed by atoms with Crippen molar-refractivity contribution in [3.05, 3.63) is 54.7 Å². The molecule has 2 aliphatic heterocycles. The average molecular weight is 478 g/mol. The molecule has 6 nitrogen and oxygen atoms in total. The standard InChI is InChI=1S/C22H21Cl2N3O3S/c23-12-7-11(8-13(24)9-12)18-10-17(27-30-18)19-14-3-1-2-4-15(14)20(31-19)22(29)26-16-5-6-25-21(16)28/h7-9,16,18H,1-6,10H2,(H,25,28)(H,26,29)/t16?,18-/m1/s1. The number of rotatable bonds is 4. The van der Waals surface area contributed by atoms with Crippen molar-refractivity contribution < 1.29 is 14.4 Å². The molecule has 2 amide bonds. The molecular weight excluding hydrogens is 457 g/mol. The van der Waals surface area contributed by atoms with Gasteiger partial charge in [0.25, 0.3) is 5.91 Å². The molecule has 2 N–H and O–H groups in total. The lowest BCUT2D eigenvalue weighted by Gasteiger charge is -2.15. The van der Waals surface area contributed by atoms with Crippen LogP contribution in [0.1, 0.15) is 63.0 Å². The first kappa shape index (κ1) is 20.8. The monoisotopic (exact) mass is 477 g/mol. The molecule has 5 rings (SSSR count). The van der Waals surface area contributed by atoms with Crippen LogP contribution in [0.5, 0.6) is 0 Å². The number of nitrogens with one attached hydrogen (secondary N) is 2. The Bertz CT molecular complexity index is 1080. The maximum atomic E-state index is 13.0. The quantitative estimate of drug-likeness (QED) is 0.683. The van der Waals surface area contributed by atoms with Crippen LogP contribution in [0.2, 0.25) is 10.0 Å². The largest absolute Gasteiger partial charge is 0.387 e. The predicted molar refractivity (Wildman–Crippen MR) is 121 cm³/mol. The van der Waals surface area contributed by atoms with Gasteiger partial charge in [0.15, 0.2) is 6.10 Å². The molecule has 1 aromatic heterocycles. The molecule has 162 valence electrons. The van der Waals surface area contributed by atoms with Gasteiger partial charge in [-0.1, -0.05) is 28.4 Å². The van der Waals surface area contributed by atoms with Gasteiger partial charge in [-0.15, -0.1) is 11.3 Å². The molecule has 9 heteroatoms. The highest BCUT2D eigenvalue weighted by atomic mass is 35.5. The summed E-state index contributed by atoms with van der Waals surface area (Å²) in [6, 6.07) is 4.91. The summed E-state index contributed by atoms with van der Waals surface area (Å²) in [5.74, 6) is -0.287. The second-order valence-electron chi connectivity index (χ2n) is 8.07. The zero-order chi connectivity index (χ0) is 21.5. The van der Waals surface area contributed by atoms with Crippen LogP contribution in [0.3, 0.4) is 0 Å². The lowest BCUT2D eigenvalue weighted by atomic mass is 9.90. The van der Waals surface area contributed by atoms with Crippen LogP contribution in [0, 0.1) is 0 Å². The lowest BCUT2D eigenvalue weighted by molar-refractivity contribution is -0.120. The summed E-state index contributed by atoms with van der Waals surface area (Å²) in [4.78, 5) is 32.3. The number of carbonyl (C=O) groups excluding carboxylic acids is 2. The number of hydrogen-bond donors (Lipinski definition) is 2. The highest BCUT2D eigenvalue weighted by Gasteiger charge is 2.33. The zero-order valence-corrected chi connectivity index (χ0v) is 19.0. The summed E-state index contributed by atoms with van der Waals surface area (Å²) in [7, 11) is 0. The molecule has 1 aromatic carbocycles. The predicted octanol–water partition coefficient (Wildman–Crippen LogP) is 4.42. The van der Waals surface area contributed by atoms with Crippen LogP contribution < -0.4 is 10.6 Å². The minimum absolute atomic E-state index is 0.115. The molecule has 2 aromatic rings. The topological polar surface area (TPSA) is 79.8 Å². The summed E-state index contributed by atoms with van der Waals surface area (Å²) in [6.45, 7) is 0.598. The molecule has 31 heavy (non-hydrogen) atoms. The molecule has 2 atom stereocenters. The van der Waals surface area contributed by atoms with Gasteiger partial charge in [0.2, 0.25) is 5.91 Å². The van der Waals surface area contributed by atoms with Gasteiger partial charge in [0.1, 0.15) is 11.8 Å². The third-order valence-corrected chi connectivity index (χ3v) is 7.73. The molecule has 1 unspecified atom stereocenters. The van der Waals surface area contributed by atoms with Crippen molar-refractivity contribution in [3.63, 3.8) is 0 Å². The van der Waals surface area contributed by atoms with Crippen LogP contribution in [-0.2, 0) is 22.5 Å². The summed E-state index contributed by atoms with van der Waals surface area (Å²) in [5.41, 5.74) is 4.03. The van der Waals surface area contributed by atoms with Crippen molar-refractivity contribution >= 4 is 52.1 Å². The summed E-state index contributed by atoms with van der Waals surface area (Å²) >= 11 is 13.8. The van der Waals surface area contributed by atoms with E-state index in [0.29, 0.717) is 34.3 Å². The van der Waals surface area contributed by atoms with E-state index in [-0.39, 0.29) is 17.9 Å². The number of thiophene rings is 1. The van der Waals surface area contributed by atoms with E-state index >= 15 is 0 Å². The zero-order valence-electron chi connectivity index (χ0n) is 16.7. The highest BCUT2D eigenvalue weighted by molar-refractivity contribution is 7.16. The SMILES string of the molecule is O=C(NC1CCNC1=O)c1sc(C2=NO[C@@H](c3cc(Cl)cc(Cl)c3)C2)c2c1CCCC2. The number of benzene rings is 1. The Hall–Kier alpha value is -2.09. The first-order valence-corrected chi connectivity index (χ1v) is 12.0. The average Bonchev–Trinajstić information content (AvgIpc) is 3.46. The van der Waals surface area contributed by atoms with Crippen LogP contribution in [0.4, 0.5) is 0 Å². The molecule has 0 spiro atoms. The van der Waals surface area contributed by atoms with E-state index in [2.05, 4.69) is 15.8 Å². The molecule has 3 heterocycles. The van der Waals surface area contributed by atoms with E-state index < -0.39 is 6.04 Å². The smallest absolute Gasteiger partial charge is 0.262 e. The fraction of sp³-hybridized carbons (Fsp3) is 0.409. The van der Waals surface area contributed by atoms with Crippen molar-refractivity contribution in [3.8, 4) is 0 Å². The van der Waals surface area contributed by atoms with E-state index in [1.165, 1.54) is 16.9 Å². The van der Waals surface area contributed by atoms with Crippen molar-refractivity contribution in [1.82, 2.24) is 10.6 Å². The Labute approximate surface area is 193 Å². The van der Waals surface area contributed by atoms with Gasteiger partial charge in [0, 0.05) is 23.0 Å². The van der Waals surface area contributed by atoms with Crippen molar-refractivity contribution in [2.24, 2.45) is 5.16 Å². The Kier molecular flexibility index (Phi) is 5.67. The molecule has 0 saturated carbocycles. The number of amides is 2. The van der Waals surface area contributed by atoms with Crippen LogP contribution in [0.25, 0.3) is 0 Å². The normalized spacial score (nSPS) is 22.5. The molecule has 1 saturated heterocycles. The second-order valence-corrected chi connectivity index (χ2v) is 9.96. The van der Waals surface area contributed by atoms with Gasteiger partial charge in [-0.3, -0.25) is 9.59 Å². The highest BCUT2D eigenvalue weighted by Crippen LogP contribution is 2.40. The van der Waals surface area contributed by atoms with Crippen molar-refractivity contribution in [2.45, 2.75) is 50.7 Å². The lowest BCUT2D eigenvalue weighted by Crippen LogP contribution is -2.40. The Morgan fingerprint density at radius 2 is 1.90 bits per heavy atom. The fourth-order valence-corrected chi connectivity index (χ4v) is 6.29. The number of halogens is 2. The van der Waals surface area contributed by atoms with Gasteiger partial charge < -0.3 is 15.5 Å². The van der Waals surface area contributed by atoms with E-state index in [4.69, 9.17) is 28.0 Å². The fourth-order valence-electron chi connectivity index (χ4n) is 4.46. The van der Waals surface area contributed by atoms with Crippen LogP contribution in [0.15, 0.2) is 23.4 Å². The number of hydrogen-bond acceptors (Lipinski definition) is 5. The molecule has 1 aliphatic carbocycles. The maximum Gasteiger partial charge on any atom is 0.262 e. The molecule has 3 aliphatic rings. The minimum atomic E-state index is -0.457. The Morgan fingerprint density at radius 1 is 1.16 bits per heavy atom. The Morgan fingerprint density at radius 3 is 2.61 bits per heavy atom. The van der Waals surface area contributed by atoms with Gasteiger partial charge in [-0.25, -0.2) is 0 Å². The summed E-state index contributed by atoms with van der Waals surface area (Å²) < 4.78 is 0. The van der Waals surface area contributed by atoms with E-state index in [1.807, 2.05) is 12.1 Å². The molecule has 0 bridgehead atoms. The summed E-state index contributed by atoms with van der Waals surface area (Å²) in [5, 5.41) is 11.1. The van der Waals surface area contributed by atoms with Gasteiger partial charge in [0.05, 0.1) is 9.75 Å². The van der Waals surface area contributed by atoms with Crippen molar-refractivity contribution in [1.29, 1.82) is 0 Å². The number of fused-ring (bicyclic) bond motifs is 1. The van der Waals surface area contributed by atoms with Gasteiger partial charge >= 0.3 is 0 Å². The van der Waals surface area contributed by atoms with E-state index in [0.717, 1.165) is 47.4 Å². The van der Waals surface area contributed by atoms with Crippen LogP contribution in [-0.4, -0.2) is 30.1 Å². The number of carbonyl (C=O) groups is 2. The van der Waals surface area contributed by atoms with Crippen LogP contribution >= 0.6 is 34.5 Å². The third-order valence-electron chi connectivity index (χ3n) is 5.97. The maximum absolute atomic E-state index is 13.0. The Balaban J connectivity index is 1.41. The molecule has 1 fully saturated rings. The van der Waals surface area contributed by atoms with Gasteiger partial charge in [-0.05, 0) is 67.0 Å². The molecule has 0 radical (unpaired) electrons. The third kappa shape index (κ3) is 4.06. The van der Waals surface area contributed by atoms with E-state index in [1.54, 1.807) is 6.07 Å². The first-order chi connectivity index (χ1) is 15.0. The number of oxime groups is 1. The summed E-state index contributed by atoms with van der Waals surface area (Å²) in [6.07, 6.45) is 4.89. The molecular formula is C22H21Cl2N3O3S. The van der Waals surface area contributed by atoms with E-state index in [9.17, 15) is 9.59 Å². The minimum Gasteiger partial charge on any atom is -0.387 e. The first-order valence-electron chi connectivity index (χ1n) is 10.4. The number of nitrogens with zero attached hydrogens (tertiary/aromatic N) is 1. The van der Waals surface area contributed by atoms with Crippen molar-refractivity contribution in [2.75, 3.05) is 6.54 Å².